The molecular formula is C21H29N3O2. The first-order valence-electron chi connectivity index (χ1n) is 9.92. The molecule has 0 atom stereocenters. The molecule has 4 aliphatic rings. The number of hydrogen-bond donors (Lipinski definition) is 2. The number of rotatable bonds is 5. The van der Waals surface area contributed by atoms with Crippen LogP contribution in [0.1, 0.15) is 45.4 Å². The number of carbonyl (C=O) groups is 2. The highest BCUT2D eigenvalue weighted by molar-refractivity contribution is 5.91. The Morgan fingerprint density at radius 3 is 2.15 bits per heavy atom. The van der Waals surface area contributed by atoms with E-state index in [1.807, 2.05) is 30.3 Å². The summed E-state index contributed by atoms with van der Waals surface area (Å²) in [5, 5.41) is 6.28. The normalized spacial score (nSPS) is 31.5. The van der Waals surface area contributed by atoms with Gasteiger partial charge >= 0.3 is 6.03 Å². The van der Waals surface area contributed by atoms with E-state index in [1.165, 1.54) is 19.3 Å². The molecule has 0 saturated heterocycles. The predicted octanol–water partition coefficient (Wildman–Crippen LogP) is 3.31. The molecule has 5 rings (SSSR count). The molecule has 4 aliphatic carbocycles. The smallest absolute Gasteiger partial charge is 0.315 e. The molecule has 4 saturated carbocycles. The van der Waals surface area contributed by atoms with Gasteiger partial charge in [0.05, 0.1) is 0 Å². The minimum atomic E-state index is -0.0801. The Morgan fingerprint density at radius 2 is 1.62 bits per heavy atom. The quantitative estimate of drug-likeness (QED) is 0.851. The van der Waals surface area contributed by atoms with Gasteiger partial charge in [0.15, 0.2) is 0 Å². The van der Waals surface area contributed by atoms with Gasteiger partial charge in [-0.3, -0.25) is 4.79 Å². The van der Waals surface area contributed by atoms with Gasteiger partial charge in [-0.1, -0.05) is 18.2 Å². The first-order chi connectivity index (χ1) is 12.5. The van der Waals surface area contributed by atoms with Crippen LogP contribution < -0.4 is 15.5 Å². The van der Waals surface area contributed by atoms with Crippen LogP contribution in [0, 0.1) is 17.8 Å². The zero-order chi connectivity index (χ0) is 18.1. The van der Waals surface area contributed by atoms with Crippen molar-refractivity contribution in [3.63, 3.8) is 0 Å². The second-order valence-corrected chi connectivity index (χ2v) is 8.58. The highest BCUT2D eigenvalue weighted by Gasteiger charge is 2.51. The maximum atomic E-state index is 12.5. The Bertz CT molecular complexity index is 638. The fourth-order valence-electron chi connectivity index (χ4n) is 5.91. The third-order valence-corrected chi connectivity index (χ3v) is 6.49. The van der Waals surface area contributed by atoms with Crippen LogP contribution in [0.25, 0.3) is 0 Å². The van der Waals surface area contributed by atoms with Gasteiger partial charge in [0.25, 0.3) is 0 Å². The number of anilines is 1. The Kier molecular flexibility index (Phi) is 4.63. The zero-order valence-corrected chi connectivity index (χ0v) is 15.5. The number of nitrogens with one attached hydrogen (secondary N) is 2. The fourth-order valence-corrected chi connectivity index (χ4v) is 5.91. The molecule has 4 bridgehead atoms. The van der Waals surface area contributed by atoms with Crippen molar-refractivity contribution in [1.29, 1.82) is 0 Å². The molecule has 140 valence electrons. The molecular weight excluding hydrogens is 326 g/mol. The molecule has 4 fully saturated rings. The van der Waals surface area contributed by atoms with Crippen LogP contribution in [0.15, 0.2) is 30.3 Å². The third-order valence-electron chi connectivity index (χ3n) is 6.49. The Hall–Kier alpha value is -2.04. The summed E-state index contributed by atoms with van der Waals surface area (Å²) in [6.45, 7) is 2.49. The lowest BCUT2D eigenvalue weighted by atomic mass is 9.53. The standard InChI is InChI=1S/C21H29N3O2/c1-15(25)24(19-5-3-2-4-6-19)8-7-22-20(26)23-21-12-16-9-17(13-21)11-18(10-16)14-21/h2-6,16-18H,7-14H2,1H3,(H2,22,23,26). The van der Waals surface area contributed by atoms with Gasteiger partial charge in [0.2, 0.25) is 5.91 Å². The minimum Gasteiger partial charge on any atom is -0.336 e. The van der Waals surface area contributed by atoms with Crippen molar-refractivity contribution in [2.24, 2.45) is 17.8 Å². The molecule has 1 aromatic rings. The van der Waals surface area contributed by atoms with Gasteiger partial charge in [-0.25, -0.2) is 4.79 Å². The van der Waals surface area contributed by atoms with Gasteiger partial charge in [0.1, 0.15) is 0 Å². The van der Waals surface area contributed by atoms with E-state index in [4.69, 9.17) is 0 Å². The zero-order valence-electron chi connectivity index (χ0n) is 15.5. The second-order valence-electron chi connectivity index (χ2n) is 8.58. The number of nitrogens with zero attached hydrogens (tertiary/aromatic N) is 1. The van der Waals surface area contributed by atoms with E-state index >= 15 is 0 Å². The van der Waals surface area contributed by atoms with E-state index in [1.54, 1.807) is 11.8 Å². The number of para-hydroxylation sites is 1. The Balaban J connectivity index is 1.30. The highest BCUT2D eigenvalue weighted by Crippen LogP contribution is 2.55. The van der Waals surface area contributed by atoms with E-state index in [0.717, 1.165) is 42.7 Å². The largest absolute Gasteiger partial charge is 0.336 e. The lowest BCUT2D eigenvalue weighted by molar-refractivity contribution is -0.116. The average Bonchev–Trinajstić information content (AvgIpc) is 2.57. The monoisotopic (exact) mass is 355 g/mol. The molecule has 0 aliphatic heterocycles. The van der Waals surface area contributed by atoms with Crippen LogP contribution in [-0.4, -0.2) is 30.6 Å². The summed E-state index contributed by atoms with van der Waals surface area (Å²) < 4.78 is 0. The summed E-state index contributed by atoms with van der Waals surface area (Å²) in [4.78, 5) is 26.1. The number of amides is 3. The van der Waals surface area contributed by atoms with Crippen molar-refractivity contribution in [2.45, 2.75) is 51.0 Å². The van der Waals surface area contributed by atoms with Crippen molar-refractivity contribution in [1.82, 2.24) is 10.6 Å². The highest BCUT2D eigenvalue weighted by atomic mass is 16.2. The van der Waals surface area contributed by atoms with E-state index in [9.17, 15) is 9.59 Å². The number of hydrogen-bond acceptors (Lipinski definition) is 2. The summed E-state index contributed by atoms with van der Waals surface area (Å²) in [5.41, 5.74) is 0.890. The average molecular weight is 355 g/mol. The number of urea groups is 1. The van der Waals surface area contributed by atoms with Crippen LogP contribution in [0.2, 0.25) is 0 Å². The van der Waals surface area contributed by atoms with Crippen molar-refractivity contribution in [3.05, 3.63) is 30.3 Å². The van der Waals surface area contributed by atoms with Gasteiger partial charge in [-0.15, -0.1) is 0 Å². The predicted molar refractivity (Wildman–Crippen MR) is 102 cm³/mol. The Labute approximate surface area is 155 Å². The minimum absolute atomic E-state index is 0.0144. The summed E-state index contributed by atoms with van der Waals surface area (Å²) in [7, 11) is 0. The fraction of sp³-hybridized carbons (Fsp3) is 0.619. The lowest BCUT2D eigenvalue weighted by Gasteiger charge is -2.56. The van der Waals surface area contributed by atoms with Crippen molar-refractivity contribution in [2.75, 3.05) is 18.0 Å². The van der Waals surface area contributed by atoms with Crippen LogP contribution in [0.3, 0.4) is 0 Å². The van der Waals surface area contributed by atoms with Crippen molar-refractivity contribution < 1.29 is 9.59 Å². The van der Waals surface area contributed by atoms with Gasteiger partial charge in [0, 0.05) is 31.2 Å². The lowest BCUT2D eigenvalue weighted by Crippen LogP contribution is -2.61. The van der Waals surface area contributed by atoms with Crippen molar-refractivity contribution >= 4 is 17.6 Å². The summed E-state index contributed by atoms with van der Waals surface area (Å²) in [6, 6.07) is 9.51. The van der Waals surface area contributed by atoms with E-state index < -0.39 is 0 Å². The Morgan fingerprint density at radius 1 is 1.04 bits per heavy atom. The SMILES string of the molecule is CC(=O)N(CCNC(=O)NC12CC3CC(CC(C3)C1)C2)c1ccccc1. The molecule has 1 aromatic carbocycles. The van der Waals surface area contributed by atoms with Crippen LogP contribution >= 0.6 is 0 Å². The third kappa shape index (κ3) is 3.57. The van der Waals surface area contributed by atoms with E-state index in [2.05, 4.69) is 10.6 Å². The van der Waals surface area contributed by atoms with Crippen LogP contribution in [-0.2, 0) is 4.79 Å². The van der Waals surface area contributed by atoms with E-state index in [0.29, 0.717) is 13.1 Å². The topological polar surface area (TPSA) is 61.4 Å². The second kappa shape index (κ2) is 6.93. The maximum Gasteiger partial charge on any atom is 0.315 e. The van der Waals surface area contributed by atoms with E-state index in [-0.39, 0.29) is 17.5 Å². The number of carbonyl (C=O) groups excluding carboxylic acids is 2. The molecule has 0 radical (unpaired) electrons. The molecule has 26 heavy (non-hydrogen) atoms. The van der Waals surface area contributed by atoms with Crippen LogP contribution in [0.4, 0.5) is 10.5 Å². The summed E-state index contributed by atoms with van der Waals surface area (Å²) >= 11 is 0. The van der Waals surface area contributed by atoms with Crippen LogP contribution in [0.5, 0.6) is 0 Å². The first-order valence-corrected chi connectivity index (χ1v) is 9.92. The molecule has 0 unspecified atom stereocenters. The summed E-state index contributed by atoms with van der Waals surface area (Å²) in [5.74, 6) is 2.42. The molecule has 0 heterocycles. The molecule has 0 aromatic heterocycles. The molecule has 0 spiro atoms. The molecule has 3 amide bonds. The number of benzene rings is 1. The van der Waals surface area contributed by atoms with Crippen molar-refractivity contribution in [3.8, 4) is 0 Å². The summed E-state index contributed by atoms with van der Waals surface area (Å²) in [6.07, 6.45) is 7.55. The maximum absolute atomic E-state index is 12.5. The first kappa shape index (κ1) is 17.4. The molecule has 5 heteroatoms. The van der Waals surface area contributed by atoms with Gasteiger partial charge < -0.3 is 15.5 Å². The van der Waals surface area contributed by atoms with Gasteiger partial charge in [-0.05, 0) is 68.4 Å². The molecule has 2 N–H and O–H groups in total. The molecule has 5 nitrogen and oxygen atoms in total. The van der Waals surface area contributed by atoms with Gasteiger partial charge in [-0.2, -0.15) is 0 Å².